The summed E-state index contributed by atoms with van der Waals surface area (Å²) in [6, 6.07) is 3.10. The molecule has 1 aromatic heterocycles. The van der Waals surface area contributed by atoms with Gasteiger partial charge >= 0.3 is 0 Å². The first kappa shape index (κ1) is 13.7. The van der Waals surface area contributed by atoms with Crippen LogP contribution in [0.15, 0.2) is 18.3 Å². The second kappa shape index (κ2) is 5.91. The second-order valence-electron chi connectivity index (χ2n) is 3.72. The van der Waals surface area contributed by atoms with Crippen LogP contribution in [0.2, 0.25) is 0 Å². The number of aromatic amines is 1. The van der Waals surface area contributed by atoms with Crippen LogP contribution in [0.4, 0.5) is 5.82 Å². The van der Waals surface area contributed by atoms with E-state index in [-0.39, 0.29) is 5.91 Å². The van der Waals surface area contributed by atoms with Crippen molar-refractivity contribution in [1.29, 1.82) is 0 Å². The summed E-state index contributed by atoms with van der Waals surface area (Å²) in [4.78, 5) is 12.1. The summed E-state index contributed by atoms with van der Waals surface area (Å²) in [7, 11) is 4.46. The third kappa shape index (κ3) is 2.63. The van der Waals surface area contributed by atoms with Crippen molar-refractivity contribution >= 4 is 11.7 Å². The zero-order chi connectivity index (χ0) is 14.5. The average Bonchev–Trinajstić information content (AvgIpc) is 2.98. The van der Waals surface area contributed by atoms with Gasteiger partial charge in [-0.2, -0.15) is 10.3 Å². The van der Waals surface area contributed by atoms with Crippen molar-refractivity contribution in [2.24, 2.45) is 0 Å². The standard InChI is InChI=1S/C12H14N4O4/c1-18-8-4-7(5-9(19-2)11(8)20-3)12(17)14-10-6-13-16-15-10/h4-6H,1-3H3,(H2,13,14,15,16,17). The topological polar surface area (TPSA) is 98.4 Å². The molecule has 106 valence electrons. The normalized spacial score (nSPS) is 9.95. The zero-order valence-corrected chi connectivity index (χ0v) is 11.3. The van der Waals surface area contributed by atoms with Crippen molar-refractivity contribution in [3.63, 3.8) is 0 Å². The first-order valence-electron chi connectivity index (χ1n) is 5.66. The fraction of sp³-hybridized carbons (Fsp3) is 0.250. The molecular formula is C12H14N4O4. The first-order chi connectivity index (χ1) is 9.69. The van der Waals surface area contributed by atoms with Crippen LogP contribution in [0.25, 0.3) is 0 Å². The van der Waals surface area contributed by atoms with Crippen LogP contribution in [-0.2, 0) is 0 Å². The van der Waals surface area contributed by atoms with Crippen molar-refractivity contribution in [1.82, 2.24) is 15.4 Å². The SMILES string of the molecule is COc1cc(C(=O)Nc2cn[nH]n2)cc(OC)c1OC. The van der Waals surface area contributed by atoms with Crippen molar-refractivity contribution in [3.05, 3.63) is 23.9 Å². The predicted molar refractivity (Wildman–Crippen MR) is 70.4 cm³/mol. The Morgan fingerprint density at radius 3 is 2.25 bits per heavy atom. The maximum atomic E-state index is 12.1. The molecule has 0 unspecified atom stereocenters. The molecule has 1 aromatic carbocycles. The van der Waals surface area contributed by atoms with Gasteiger partial charge in [-0.1, -0.05) is 0 Å². The van der Waals surface area contributed by atoms with Gasteiger partial charge in [-0.3, -0.25) is 4.79 Å². The summed E-state index contributed by atoms with van der Waals surface area (Å²) in [5.74, 6) is 1.18. The Kier molecular flexibility index (Phi) is 4.04. The van der Waals surface area contributed by atoms with E-state index < -0.39 is 0 Å². The Bertz CT molecular complexity index is 573. The highest BCUT2D eigenvalue weighted by Gasteiger charge is 2.17. The molecule has 1 heterocycles. The van der Waals surface area contributed by atoms with Crippen LogP contribution in [0.3, 0.4) is 0 Å². The van der Waals surface area contributed by atoms with Gasteiger partial charge in [0.1, 0.15) is 0 Å². The van der Waals surface area contributed by atoms with E-state index in [4.69, 9.17) is 14.2 Å². The van der Waals surface area contributed by atoms with E-state index in [1.165, 1.54) is 27.5 Å². The Balaban J connectivity index is 2.34. The predicted octanol–water partition coefficient (Wildman–Crippen LogP) is 1.08. The van der Waals surface area contributed by atoms with Gasteiger partial charge in [0.05, 0.1) is 27.5 Å². The molecule has 0 atom stereocenters. The fourth-order valence-electron chi connectivity index (χ4n) is 1.66. The van der Waals surface area contributed by atoms with E-state index in [2.05, 4.69) is 20.7 Å². The molecule has 0 saturated heterocycles. The minimum absolute atomic E-state index is 0.323. The van der Waals surface area contributed by atoms with E-state index in [0.717, 1.165) is 0 Å². The molecule has 0 aliphatic heterocycles. The second-order valence-corrected chi connectivity index (χ2v) is 3.72. The lowest BCUT2D eigenvalue weighted by Crippen LogP contribution is -2.13. The number of methoxy groups -OCH3 is 3. The van der Waals surface area contributed by atoms with Gasteiger partial charge in [0, 0.05) is 5.56 Å². The lowest BCUT2D eigenvalue weighted by molar-refractivity contribution is 0.102. The number of hydrogen-bond acceptors (Lipinski definition) is 6. The molecule has 1 amide bonds. The van der Waals surface area contributed by atoms with E-state index in [1.807, 2.05) is 0 Å². The highest BCUT2D eigenvalue weighted by atomic mass is 16.5. The molecule has 0 aliphatic rings. The van der Waals surface area contributed by atoms with Crippen LogP contribution < -0.4 is 19.5 Å². The highest BCUT2D eigenvalue weighted by molar-refractivity contribution is 6.04. The first-order valence-corrected chi connectivity index (χ1v) is 5.66. The third-order valence-corrected chi connectivity index (χ3v) is 2.58. The number of hydrogen-bond donors (Lipinski definition) is 2. The lowest BCUT2D eigenvalue weighted by atomic mass is 10.1. The summed E-state index contributed by atoms with van der Waals surface area (Å²) < 4.78 is 15.6. The molecule has 0 bridgehead atoms. The summed E-state index contributed by atoms with van der Waals surface area (Å²) in [6.45, 7) is 0. The summed E-state index contributed by atoms with van der Waals surface area (Å²) in [5, 5.41) is 12.3. The number of carbonyl (C=O) groups is 1. The minimum atomic E-state index is -0.363. The summed E-state index contributed by atoms with van der Waals surface area (Å²) >= 11 is 0. The van der Waals surface area contributed by atoms with E-state index >= 15 is 0 Å². The molecule has 20 heavy (non-hydrogen) atoms. The molecule has 0 radical (unpaired) electrons. The monoisotopic (exact) mass is 278 g/mol. The molecule has 0 fully saturated rings. The fourth-order valence-corrected chi connectivity index (χ4v) is 1.66. The van der Waals surface area contributed by atoms with Crippen molar-refractivity contribution in [3.8, 4) is 17.2 Å². The summed E-state index contributed by atoms with van der Waals surface area (Å²) in [5.41, 5.74) is 0.350. The molecule has 0 spiro atoms. The van der Waals surface area contributed by atoms with Gasteiger partial charge in [0.2, 0.25) is 5.75 Å². The van der Waals surface area contributed by atoms with Crippen LogP contribution in [0.5, 0.6) is 17.2 Å². The van der Waals surface area contributed by atoms with Gasteiger partial charge < -0.3 is 19.5 Å². The number of nitrogens with zero attached hydrogens (tertiary/aromatic N) is 2. The zero-order valence-electron chi connectivity index (χ0n) is 11.3. The van der Waals surface area contributed by atoms with E-state index in [9.17, 15) is 4.79 Å². The number of anilines is 1. The number of ether oxygens (including phenoxy) is 3. The molecular weight excluding hydrogens is 264 g/mol. The number of rotatable bonds is 5. The molecule has 2 N–H and O–H groups in total. The van der Waals surface area contributed by atoms with Crippen molar-refractivity contribution in [2.75, 3.05) is 26.6 Å². The van der Waals surface area contributed by atoms with Gasteiger partial charge in [-0.05, 0) is 12.1 Å². The Morgan fingerprint density at radius 1 is 1.15 bits per heavy atom. The Morgan fingerprint density at radius 2 is 1.80 bits per heavy atom. The van der Waals surface area contributed by atoms with E-state index in [0.29, 0.717) is 28.6 Å². The number of nitrogens with one attached hydrogen (secondary N) is 2. The van der Waals surface area contributed by atoms with Gasteiger partial charge in [-0.15, -0.1) is 5.10 Å². The van der Waals surface area contributed by atoms with Crippen LogP contribution >= 0.6 is 0 Å². The number of H-pyrrole nitrogens is 1. The van der Waals surface area contributed by atoms with Crippen molar-refractivity contribution < 1.29 is 19.0 Å². The number of aromatic nitrogens is 3. The number of carbonyl (C=O) groups excluding carboxylic acids is 1. The third-order valence-electron chi connectivity index (χ3n) is 2.58. The minimum Gasteiger partial charge on any atom is -0.493 e. The smallest absolute Gasteiger partial charge is 0.257 e. The van der Waals surface area contributed by atoms with Gasteiger partial charge in [0.25, 0.3) is 5.91 Å². The van der Waals surface area contributed by atoms with Crippen LogP contribution in [0, 0.1) is 0 Å². The summed E-state index contributed by atoms with van der Waals surface area (Å²) in [6.07, 6.45) is 1.40. The molecule has 0 aliphatic carbocycles. The van der Waals surface area contributed by atoms with Crippen molar-refractivity contribution in [2.45, 2.75) is 0 Å². The molecule has 8 nitrogen and oxygen atoms in total. The number of amides is 1. The molecule has 8 heteroatoms. The van der Waals surface area contributed by atoms with Crippen LogP contribution in [0.1, 0.15) is 10.4 Å². The Labute approximate surface area is 115 Å². The average molecular weight is 278 g/mol. The molecule has 2 aromatic rings. The highest BCUT2D eigenvalue weighted by Crippen LogP contribution is 2.38. The quantitative estimate of drug-likeness (QED) is 0.849. The maximum Gasteiger partial charge on any atom is 0.257 e. The Hall–Kier alpha value is -2.77. The number of benzene rings is 1. The van der Waals surface area contributed by atoms with Gasteiger partial charge in [0.15, 0.2) is 17.3 Å². The van der Waals surface area contributed by atoms with E-state index in [1.54, 1.807) is 12.1 Å². The lowest BCUT2D eigenvalue weighted by Gasteiger charge is -2.13. The molecule has 2 rings (SSSR count). The van der Waals surface area contributed by atoms with Crippen LogP contribution in [-0.4, -0.2) is 42.6 Å². The maximum absolute atomic E-state index is 12.1. The largest absolute Gasteiger partial charge is 0.493 e. The van der Waals surface area contributed by atoms with Gasteiger partial charge in [-0.25, -0.2) is 0 Å². The molecule has 0 saturated carbocycles.